The van der Waals surface area contributed by atoms with Crippen LogP contribution in [0.4, 0.5) is 5.82 Å². The molecule has 2 heterocycles. The highest BCUT2D eigenvalue weighted by Crippen LogP contribution is 2.39. The zero-order valence-electron chi connectivity index (χ0n) is 13.4. The van der Waals surface area contributed by atoms with Gasteiger partial charge in [0.15, 0.2) is 0 Å². The van der Waals surface area contributed by atoms with E-state index in [0.717, 1.165) is 23.4 Å². The summed E-state index contributed by atoms with van der Waals surface area (Å²) >= 11 is 0. The van der Waals surface area contributed by atoms with Gasteiger partial charge in [-0.15, -0.1) is 0 Å². The number of aromatic nitrogens is 3. The third-order valence-corrected chi connectivity index (χ3v) is 5.31. The molecule has 114 valence electrons. The summed E-state index contributed by atoms with van der Waals surface area (Å²) in [4.78, 5) is 8.73. The zero-order chi connectivity index (χ0) is 15.0. The fraction of sp³-hybridized carbons (Fsp3) is 0.647. The number of nitrogens with two attached hydrogens (primary N) is 1. The topological polar surface area (TPSA) is 56.7 Å². The van der Waals surface area contributed by atoms with E-state index in [1.54, 1.807) is 6.33 Å². The van der Waals surface area contributed by atoms with E-state index < -0.39 is 0 Å². The van der Waals surface area contributed by atoms with Gasteiger partial charge in [0.2, 0.25) is 0 Å². The van der Waals surface area contributed by atoms with E-state index in [4.69, 9.17) is 5.73 Å². The Hall–Kier alpha value is -1.58. The largest absolute Gasteiger partial charge is 0.383 e. The summed E-state index contributed by atoms with van der Waals surface area (Å²) < 4.78 is 2.44. The van der Waals surface area contributed by atoms with Crippen LogP contribution in [-0.4, -0.2) is 14.5 Å². The van der Waals surface area contributed by atoms with Crippen molar-refractivity contribution in [2.45, 2.75) is 65.3 Å². The van der Waals surface area contributed by atoms with Gasteiger partial charge in [-0.25, -0.2) is 9.97 Å². The Morgan fingerprint density at radius 1 is 1.24 bits per heavy atom. The second-order valence-electron chi connectivity index (χ2n) is 6.41. The molecule has 0 bridgehead atoms. The van der Waals surface area contributed by atoms with Crippen LogP contribution in [0.15, 0.2) is 6.33 Å². The Kier molecular flexibility index (Phi) is 3.87. The fourth-order valence-electron chi connectivity index (χ4n) is 4.10. The van der Waals surface area contributed by atoms with Gasteiger partial charge in [-0.05, 0) is 44.6 Å². The molecule has 3 rings (SSSR count). The average Bonchev–Trinajstić information content (AvgIpc) is 2.76. The molecule has 1 aliphatic rings. The standard InChI is InChI=1S/C17H26N4/c1-4-14(13-8-6-5-7-9-13)21-12(3)11(2)15-16(18)19-10-20-17(15)21/h10,13-14H,4-9H2,1-3H3,(H2,18,19,20). The molecule has 1 aliphatic carbocycles. The number of nitrogen functional groups attached to an aromatic ring is 1. The molecule has 4 nitrogen and oxygen atoms in total. The van der Waals surface area contributed by atoms with Gasteiger partial charge in [0.05, 0.1) is 5.39 Å². The molecule has 0 radical (unpaired) electrons. The molecule has 2 N–H and O–H groups in total. The summed E-state index contributed by atoms with van der Waals surface area (Å²) in [5, 5.41) is 1.05. The SMILES string of the molecule is CCC(C1CCCCC1)n1c(C)c(C)c2c(N)ncnc21. The van der Waals surface area contributed by atoms with E-state index in [-0.39, 0.29) is 0 Å². The molecule has 21 heavy (non-hydrogen) atoms. The van der Waals surface area contributed by atoms with Crippen LogP contribution in [0.5, 0.6) is 0 Å². The summed E-state index contributed by atoms with van der Waals surface area (Å²) in [6.07, 6.45) is 9.57. The van der Waals surface area contributed by atoms with Gasteiger partial charge in [-0.3, -0.25) is 0 Å². The summed E-state index contributed by atoms with van der Waals surface area (Å²) in [5.41, 5.74) is 9.65. The number of anilines is 1. The first-order valence-electron chi connectivity index (χ1n) is 8.22. The highest BCUT2D eigenvalue weighted by molar-refractivity contribution is 5.90. The van der Waals surface area contributed by atoms with Crippen LogP contribution < -0.4 is 5.73 Å². The zero-order valence-corrected chi connectivity index (χ0v) is 13.4. The van der Waals surface area contributed by atoms with E-state index in [1.807, 2.05) is 0 Å². The Morgan fingerprint density at radius 3 is 2.62 bits per heavy atom. The smallest absolute Gasteiger partial charge is 0.146 e. The highest BCUT2D eigenvalue weighted by atomic mass is 15.1. The van der Waals surface area contributed by atoms with Crippen molar-refractivity contribution < 1.29 is 0 Å². The number of aryl methyl sites for hydroxylation is 1. The van der Waals surface area contributed by atoms with Gasteiger partial charge in [-0.1, -0.05) is 26.2 Å². The van der Waals surface area contributed by atoms with E-state index >= 15 is 0 Å². The number of fused-ring (bicyclic) bond motifs is 1. The number of hydrogen-bond acceptors (Lipinski definition) is 3. The van der Waals surface area contributed by atoms with Crippen molar-refractivity contribution >= 4 is 16.9 Å². The normalized spacial score (nSPS) is 18.2. The highest BCUT2D eigenvalue weighted by Gasteiger charge is 2.27. The first-order valence-corrected chi connectivity index (χ1v) is 8.22. The fourth-order valence-corrected chi connectivity index (χ4v) is 4.10. The number of nitrogens with zero attached hydrogens (tertiary/aromatic N) is 3. The summed E-state index contributed by atoms with van der Waals surface area (Å²) in [5.74, 6) is 1.38. The minimum atomic E-state index is 0.538. The Balaban J connectivity index is 2.14. The Bertz CT molecular complexity index is 638. The molecular weight excluding hydrogens is 260 g/mol. The van der Waals surface area contributed by atoms with Crippen LogP contribution >= 0.6 is 0 Å². The lowest BCUT2D eigenvalue weighted by molar-refractivity contribution is 0.244. The average molecular weight is 286 g/mol. The minimum Gasteiger partial charge on any atom is -0.383 e. The van der Waals surface area contributed by atoms with Gasteiger partial charge in [0, 0.05) is 11.7 Å². The van der Waals surface area contributed by atoms with Gasteiger partial charge >= 0.3 is 0 Å². The van der Waals surface area contributed by atoms with Crippen molar-refractivity contribution in [1.29, 1.82) is 0 Å². The van der Waals surface area contributed by atoms with Gasteiger partial charge in [0.25, 0.3) is 0 Å². The lowest BCUT2D eigenvalue weighted by Gasteiger charge is -2.32. The number of hydrogen-bond donors (Lipinski definition) is 1. The monoisotopic (exact) mass is 286 g/mol. The van der Waals surface area contributed by atoms with Crippen LogP contribution in [0, 0.1) is 19.8 Å². The summed E-state index contributed by atoms with van der Waals surface area (Å²) in [6.45, 7) is 6.63. The summed E-state index contributed by atoms with van der Waals surface area (Å²) in [6, 6.07) is 0.538. The third kappa shape index (κ3) is 2.30. The second kappa shape index (κ2) is 5.66. The molecule has 1 unspecified atom stereocenters. The second-order valence-corrected chi connectivity index (χ2v) is 6.41. The number of rotatable bonds is 3. The van der Waals surface area contributed by atoms with Crippen molar-refractivity contribution in [3.63, 3.8) is 0 Å². The van der Waals surface area contributed by atoms with Gasteiger partial charge in [-0.2, -0.15) is 0 Å². The lowest BCUT2D eigenvalue weighted by Crippen LogP contribution is -2.22. The lowest BCUT2D eigenvalue weighted by atomic mass is 9.82. The van der Waals surface area contributed by atoms with E-state index in [9.17, 15) is 0 Å². The van der Waals surface area contributed by atoms with Crippen molar-refractivity contribution in [1.82, 2.24) is 14.5 Å². The summed E-state index contributed by atoms with van der Waals surface area (Å²) in [7, 11) is 0. The predicted molar refractivity (Wildman–Crippen MR) is 87.3 cm³/mol. The molecule has 0 aromatic carbocycles. The van der Waals surface area contributed by atoms with Gasteiger partial charge < -0.3 is 10.3 Å². The molecule has 0 amide bonds. The molecule has 1 saturated carbocycles. The molecule has 0 aliphatic heterocycles. The third-order valence-electron chi connectivity index (χ3n) is 5.31. The first-order chi connectivity index (χ1) is 10.1. The molecular formula is C17H26N4. The molecule has 2 aromatic rings. The molecule has 2 aromatic heterocycles. The molecule has 0 saturated heterocycles. The Labute approximate surface area is 126 Å². The van der Waals surface area contributed by atoms with Crippen molar-refractivity contribution in [3.05, 3.63) is 17.6 Å². The van der Waals surface area contributed by atoms with E-state index in [1.165, 1.54) is 43.4 Å². The quantitative estimate of drug-likeness (QED) is 0.921. The maximum absolute atomic E-state index is 6.09. The van der Waals surface area contributed by atoms with Crippen molar-refractivity contribution in [2.75, 3.05) is 5.73 Å². The van der Waals surface area contributed by atoms with Crippen LogP contribution in [0.1, 0.15) is 62.7 Å². The van der Waals surface area contributed by atoms with Gasteiger partial charge in [0.1, 0.15) is 17.8 Å². The van der Waals surface area contributed by atoms with Crippen LogP contribution in [0.2, 0.25) is 0 Å². The minimum absolute atomic E-state index is 0.538. The molecule has 4 heteroatoms. The van der Waals surface area contributed by atoms with Crippen LogP contribution in [0.25, 0.3) is 11.0 Å². The maximum atomic E-state index is 6.09. The van der Waals surface area contributed by atoms with Crippen molar-refractivity contribution in [2.24, 2.45) is 5.92 Å². The molecule has 0 spiro atoms. The predicted octanol–water partition coefficient (Wildman–Crippen LogP) is 4.16. The van der Waals surface area contributed by atoms with E-state index in [0.29, 0.717) is 11.9 Å². The van der Waals surface area contributed by atoms with Crippen LogP contribution in [0.3, 0.4) is 0 Å². The maximum Gasteiger partial charge on any atom is 0.146 e. The van der Waals surface area contributed by atoms with Crippen molar-refractivity contribution in [3.8, 4) is 0 Å². The first kappa shape index (κ1) is 14.4. The van der Waals surface area contributed by atoms with E-state index in [2.05, 4.69) is 35.3 Å². The Morgan fingerprint density at radius 2 is 1.95 bits per heavy atom. The molecule has 1 fully saturated rings. The van der Waals surface area contributed by atoms with Crippen LogP contribution in [-0.2, 0) is 0 Å². The molecule has 1 atom stereocenters.